The fourth-order valence-electron chi connectivity index (χ4n) is 3.39. The molecule has 1 amide bonds. The van der Waals surface area contributed by atoms with Gasteiger partial charge in [0.1, 0.15) is 6.04 Å². The van der Waals surface area contributed by atoms with Crippen molar-refractivity contribution in [3.8, 4) is 0 Å². The molecule has 1 aromatic heterocycles. The molecule has 5 nitrogen and oxygen atoms in total. The summed E-state index contributed by atoms with van der Waals surface area (Å²) in [6.45, 7) is 6.28. The molecule has 1 aliphatic rings. The number of hydrogen-bond donors (Lipinski definition) is 0. The van der Waals surface area contributed by atoms with E-state index in [0.29, 0.717) is 43.3 Å². The molecule has 1 aromatic carbocycles. The van der Waals surface area contributed by atoms with Crippen molar-refractivity contribution in [1.29, 1.82) is 0 Å². The van der Waals surface area contributed by atoms with Gasteiger partial charge in [-0.25, -0.2) is 0 Å². The van der Waals surface area contributed by atoms with Crippen LogP contribution in [0.25, 0.3) is 0 Å². The van der Waals surface area contributed by atoms with E-state index in [1.807, 2.05) is 6.92 Å². The van der Waals surface area contributed by atoms with Gasteiger partial charge in [0.2, 0.25) is 5.91 Å². The van der Waals surface area contributed by atoms with Crippen LogP contribution < -0.4 is 0 Å². The predicted molar refractivity (Wildman–Crippen MR) is 100.0 cm³/mol. The Balaban J connectivity index is 1.57. The van der Waals surface area contributed by atoms with Crippen molar-refractivity contribution in [3.63, 3.8) is 0 Å². The highest BCUT2D eigenvalue weighted by Gasteiger charge is 2.31. The predicted octanol–water partition coefficient (Wildman–Crippen LogP) is 3.77. The number of alkyl halides is 3. The van der Waals surface area contributed by atoms with E-state index in [9.17, 15) is 18.0 Å². The van der Waals surface area contributed by atoms with E-state index in [4.69, 9.17) is 11.6 Å². The third kappa shape index (κ3) is 4.50. The molecule has 0 radical (unpaired) electrons. The fourth-order valence-corrected chi connectivity index (χ4v) is 3.52. The number of hydrogen-bond acceptors (Lipinski definition) is 3. The van der Waals surface area contributed by atoms with Crippen LogP contribution in [0.3, 0.4) is 0 Å². The number of rotatable bonds is 4. The summed E-state index contributed by atoms with van der Waals surface area (Å²) in [5.41, 5.74) is 0.719. The fraction of sp³-hybridized carbons (Fsp3) is 0.474. The highest BCUT2D eigenvalue weighted by Crippen LogP contribution is 2.30. The molecule has 2 aromatic rings. The van der Waals surface area contributed by atoms with Crippen molar-refractivity contribution >= 4 is 17.5 Å². The van der Waals surface area contributed by atoms with Gasteiger partial charge in [0, 0.05) is 32.7 Å². The quantitative estimate of drug-likeness (QED) is 0.764. The topological polar surface area (TPSA) is 41.4 Å². The van der Waals surface area contributed by atoms with E-state index in [0.717, 1.165) is 11.8 Å². The van der Waals surface area contributed by atoms with Gasteiger partial charge in [-0.15, -0.1) is 0 Å². The summed E-state index contributed by atoms with van der Waals surface area (Å²) in [6, 6.07) is 4.92. The molecule has 0 N–H and O–H groups in total. The number of piperazine rings is 1. The van der Waals surface area contributed by atoms with Gasteiger partial charge in [-0.3, -0.25) is 14.4 Å². The number of halogens is 4. The Morgan fingerprint density at radius 1 is 1.25 bits per heavy atom. The number of aromatic nitrogens is 2. The minimum atomic E-state index is -4.34. The molecule has 28 heavy (non-hydrogen) atoms. The monoisotopic (exact) mass is 414 g/mol. The third-order valence-corrected chi connectivity index (χ3v) is 5.42. The van der Waals surface area contributed by atoms with Crippen LogP contribution >= 0.6 is 11.6 Å². The maximum atomic E-state index is 12.9. The Labute approximate surface area is 166 Å². The lowest BCUT2D eigenvalue weighted by atomic mass is 10.1. The van der Waals surface area contributed by atoms with Crippen LogP contribution in [0.15, 0.2) is 30.5 Å². The molecule has 0 bridgehead atoms. The summed E-state index contributed by atoms with van der Waals surface area (Å²) in [4.78, 5) is 16.6. The van der Waals surface area contributed by atoms with Gasteiger partial charge in [0.15, 0.2) is 0 Å². The largest absolute Gasteiger partial charge is 0.416 e. The van der Waals surface area contributed by atoms with E-state index in [-0.39, 0.29) is 5.91 Å². The Hall–Kier alpha value is -2.06. The van der Waals surface area contributed by atoms with Gasteiger partial charge >= 0.3 is 6.18 Å². The maximum Gasteiger partial charge on any atom is 0.416 e. The molecule has 2 heterocycles. The molecule has 0 saturated carbocycles. The number of amides is 1. The highest BCUT2D eigenvalue weighted by atomic mass is 35.5. The molecule has 0 spiro atoms. The van der Waals surface area contributed by atoms with Gasteiger partial charge in [0.25, 0.3) is 0 Å². The van der Waals surface area contributed by atoms with Crippen LogP contribution in [0.4, 0.5) is 13.2 Å². The summed E-state index contributed by atoms with van der Waals surface area (Å²) in [5, 5.41) is 4.68. The smallest absolute Gasteiger partial charge is 0.338 e. The minimum absolute atomic E-state index is 0.0402. The van der Waals surface area contributed by atoms with Crippen molar-refractivity contribution in [3.05, 3.63) is 52.3 Å². The average molecular weight is 415 g/mol. The van der Waals surface area contributed by atoms with Crippen molar-refractivity contribution in [2.45, 2.75) is 32.6 Å². The number of benzene rings is 1. The van der Waals surface area contributed by atoms with E-state index < -0.39 is 17.8 Å². The lowest BCUT2D eigenvalue weighted by Gasteiger charge is -2.36. The number of nitrogens with zero attached hydrogens (tertiary/aromatic N) is 4. The molecular formula is C19H22ClF3N4O. The van der Waals surface area contributed by atoms with Crippen LogP contribution in [0.1, 0.15) is 29.8 Å². The summed E-state index contributed by atoms with van der Waals surface area (Å²) in [7, 11) is 0. The number of carbonyl (C=O) groups is 1. The van der Waals surface area contributed by atoms with Crippen molar-refractivity contribution in [2.24, 2.45) is 0 Å². The Morgan fingerprint density at radius 3 is 2.50 bits per heavy atom. The summed E-state index contributed by atoms with van der Waals surface area (Å²) in [5.74, 6) is -0.0402. The Kier molecular flexibility index (Phi) is 6.00. The van der Waals surface area contributed by atoms with E-state index >= 15 is 0 Å². The van der Waals surface area contributed by atoms with Gasteiger partial charge in [0.05, 0.1) is 22.5 Å². The number of carbonyl (C=O) groups excluding carboxylic acids is 1. The van der Waals surface area contributed by atoms with Gasteiger partial charge in [-0.1, -0.05) is 29.8 Å². The molecule has 9 heteroatoms. The van der Waals surface area contributed by atoms with Crippen LogP contribution in [0.2, 0.25) is 5.02 Å². The van der Waals surface area contributed by atoms with Crippen LogP contribution in [0.5, 0.6) is 0 Å². The molecule has 152 valence electrons. The second-order valence-corrected chi connectivity index (χ2v) is 7.41. The van der Waals surface area contributed by atoms with E-state index in [2.05, 4.69) is 10.00 Å². The molecule has 0 aliphatic carbocycles. The lowest BCUT2D eigenvalue weighted by Crippen LogP contribution is -2.50. The first-order chi connectivity index (χ1) is 13.2. The summed E-state index contributed by atoms with van der Waals surface area (Å²) in [6.07, 6.45) is -2.82. The minimum Gasteiger partial charge on any atom is -0.338 e. The zero-order valence-corrected chi connectivity index (χ0v) is 16.5. The van der Waals surface area contributed by atoms with Gasteiger partial charge in [-0.05, 0) is 25.5 Å². The molecule has 3 rings (SSSR count). The summed E-state index contributed by atoms with van der Waals surface area (Å²) < 4.78 is 40.2. The molecule has 1 atom stereocenters. The van der Waals surface area contributed by atoms with Crippen molar-refractivity contribution < 1.29 is 18.0 Å². The molecule has 1 unspecified atom stereocenters. The first-order valence-corrected chi connectivity index (χ1v) is 9.41. The van der Waals surface area contributed by atoms with Crippen LogP contribution in [-0.4, -0.2) is 51.7 Å². The normalized spacial score (nSPS) is 17.0. The second-order valence-electron chi connectivity index (χ2n) is 7.00. The van der Waals surface area contributed by atoms with Crippen molar-refractivity contribution in [2.75, 3.05) is 26.2 Å². The SMILES string of the molecule is Cc1c(Cl)cnn1C(C)C(=O)N1CCN(Cc2cccc(C(F)(F)F)c2)CC1. The third-order valence-electron chi connectivity index (χ3n) is 5.05. The molecule has 1 aliphatic heterocycles. The zero-order valence-electron chi connectivity index (χ0n) is 15.7. The summed E-state index contributed by atoms with van der Waals surface area (Å²) >= 11 is 6.01. The Morgan fingerprint density at radius 2 is 1.93 bits per heavy atom. The van der Waals surface area contributed by atoms with Gasteiger partial charge in [-0.2, -0.15) is 18.3 Å². The molecule has 1 saturated heterocycles. The van der Waals surface area contributed by atoms with Crippen LogP contribution in [0, 0.1) is 6.92 Å². The van der Waals surface area contributed by atoms with Crippen LogP contribution in [-0.2, 0) is 17.5 Å². The van der Waals surface area contributed by atoms with E-state index in [1.54, 1.807) is 22.6 Å². The molecular weight excluding hydrogens is 393 g/mol. The first kappa shape index (κ1) is 20.7. The highest BCUT2D eigenvalue weighted by molar-refractivity contribution is 6.31. The maximum absolute atomic E-state index is 12.9. The van der Waals surface area contributed by atoms with Crippen molar-refractivity contribution in [1.82, 2.24) is 19.6 Å². The van der Waals surface area contributed by atoms with Gasteiger partial charge < -0.3 is 4.90 Å². The van der Waals surface area contributed by atoms with E-state index in [1.165, 1.54) is 18.3 Å². The Bertz CT molecular complexity index is 844. The molecule has 1 fully saturated rings. The average Bonchev–Trinajstić information content (AvgIpc) is 2.99. The first-order valence-electron chi connectivity index (χ1n) is 9.03. The zero-order chi connectivity index (χ0) is 20.5. The standard InChI is InChI=1S/C19H22ClF3N4O/c1-13-17(20)11-24-27(13)14(2)18(28)26-8-6-25(7-9-26)12-15-4-3-5-16(10-15)19(21,22)23/h3-5,10-11,14H,6-9,12H2,1-2H3. The lowest BCUT2D eigenvalue weighted by molar-refractivity contribution is -0.138. The second kappa shape index (κ2) is 8.13.